The van der Waals surface area contributed by atoms with Gasteiger partial charge < -0.3 is 18.6 Å². The number of nitrogens with zero attached hydrogens (tertiary/aromatic N) is 4. The van der Waals surface area contributed by atoms with Gasteiger partial charge in [-0.3, -0.25) is 0 Å². The first kappa shape index (κ1) is 43.1. The lowest BCUT2D eigenvalue weighted by Crippen LogP contribution is -2.26. The first-order valence-corrected chi connectivity index (χ1v) is 25.9. The monoisotopic (exact) mass is 944 g/mol. The summed E-state index contributed by atoms with van der Waals surface area (Å²) in [4.78, 5) is 15.9. The van der Waals surface area contributed by atoms with E-state index in [2.05, 4.69) is 230 Å². The summed E-state index contributed by atoms with van der Waals surface area (Å²) in [5.41, 5.74) is 17.5. The second kappa shape index (κ2) is 17.2. The molecule has 12 aromatic rings. The van der Waals surface area contributed by atoms with E-state index >= 15 is 0 Å². The normalized spacial score (nSPS) is 13.0. The summed E-state index contributed by atoms with van der Waals surface area (Å²) in [5, 5.41) is 4.71. The van der Waals surface area contributed by atoms with Gasteiger partial charge in [0.1, 0.15) is 11.0 Å². The van der Waals surface area contributed by atoms with Gasteiger partial charge in [0.15, 0.2) is 22.9 Å². The highest BCUT2D eigenvalue weighted by molar-refractivity contribution is 6.15. The molecule has 0 fully saturated rings. The zero-order chi connectivity index (χ0) is 48.6. The number of benzene rings is 10. The van der Waals surface area contributed by atoms with Gasteiger partial charge in [0.05, 0.1) is 16.8 Å². The van der Waals surface area contributed by atoms with Gasteiger partial charge in [-0.15, -0.1) is 0 Å². The molecule has 352 valence electrons. The smallest absolute Gasteiger partial charge is 0.195 e. The predicted molar refractivity (Wildman–Crippen MR) is 299 cm³/mol. The lowest BCUT2D eigenvalue weighted by Gasteiger charge is -2.33. The summed E-state index contributed by atoms with van der Waals surface area (Å²) >= 11 is 0. The van der Waals surface area contributed by atoms with Gasteiger partial charge in [-0.25, -0.2) is 9.97 Å². The van der Waals surface area contributed by atoms with E-state index in [1.807, 2.05) is 0 Å². The molecule has 0 radical (unpaired) electrons. The predicted octanol–water partition coefficient (Wildman–Crippen LogP) is 18.2. The molecule has 0 saturated heterocycles. The number of aromatic nitrogens is 2. The van der Waals surface area contributed by atoms with E-state index in [4.69, 9.17) is 18.8 Å². The van der Waals surface area contributed by atoms with Crippen molar-refractivity contribution >= 4 is 77.9 Å². The van der Waals surface area contributed by atoms with Gasteiger partial charge in [-0.1, -0.05) is 172 Å². The van der Waals surface area contributed by atoms with Crippen LogP contribution in [0.15, 0.2) is 215 Å². The summed E-state index contributed by atoms with van der Waals surface area (Å²) in [6.07, 6.45) is 5.40. The summed E-state index contributed by atoms with van der Waals surface area (Å²) in [6.45, 7) is 4.45. The van der Waals surface area contributed by atoms with Crippen LogP contribution in [-0.4, -0.2) is 9.97 Å². The fourth-order valence-corrected chi connectivity index (χ4v) is 12.1. The molecule has 0 bridgehead atoms. The molecule has 0 unspecified atom stereocenters. The van der Waals surface area contributed by atoms with Gasteiger partial charge in [0, 0.05) is 46.7 Å². The Morgan fingerprint density at radius 1 is 0.384 bits per heavy atom. The first-order chi connectivity index (χ1) is 36.1. The minimum absolute atomic E-state index is 0.722. The molecular formula is C67H52N4O2. The third-order valence-electron chi connectivity index (χ3n) is 15.4. The molecule has 2 heterocycles. The van der Waals surface area contributed by atoms with Crippen molar-refractivity contribution in [1.29, 1.82) is 0 Å². The Labute approximate surface area is 424 Å². The Bertz CT molecular complexity index is 3830. The van der Waals surface area contributed by atoms with Crippen LogP contribution in [0.5, 0.6) is 0 Å². The minimum atomic E-state index is -0.812. The van der Waals surface area contributed by atoms with E-state index in [1.54, 1.807) is 0 Å². The molecule has 1 spiro atoms. The summed E-state index contributed by atoms with van der Waals surface area (Å²) < 4.78 is 14.7. The zero-order valence-electron chi connectivity index (χ0n) is 41.0. The summed E-state index contributed by atoms with van der Waals surface area (Å²) in [7, 11) is 0. The van der Waals surface area contributed by atoms with Crippen LogP contribution in [-0.2, 0) is 18.3 Å². The maximum absolute atomic E-state index is 7.35. The van der Waals surface area contributed by atoms with Crippen molar-refractivity contribution in [3.05, 3.63) is 240 Å². The Balaban J connectivity index is 1.15. The van der Waals surface area contributed by atoms with Crippen molar-refractivity contribution in [3.63, 3.8) is 0 Å². The molecule has 0 saturated carbocycles. The third kappa shape index (κ3) is 6.63. The lowest BCUT2D eigenvalue weighted by molar-refractivity contribution is 0.515. The van der Waals surface area contributed by atoms with Gasteiger partial charge >= 0.3 is 0 Å². The number of aryl methyl sites for hydroxylation is 2. The molecule has 0 amide bonds. The maximum atomic E-state index is 7.35. The third-order valence-corrected chi connectivity index (χ3v) is 15.4. The molecule has 0 atom stereocenters. The Kier molecular flexibility index (Phi) is 10.2. The van der Waals surface area contributed by atoms with Crippen LogP contribution in [0.3, 0.4) is 0 Å². The number of oxazole rings is 2. The Hall–Kier alpha value is -8.74. The fourth-order valence-electron chi connectivity index (χ4n) is 12.1. The topological polar surface area (TPSA) is 58.5 Å². The molecule has 73 heavy (non-hydrogen) atoms. The van der Waals surface area contributed by atoms with Gasteiger partial charge in [0.25, 0.3) is 0 Å². The van der Waals surface area contributed by atoms with Crippen molar-refractivity contribution in [2.75, 3.05) is 9.80 Å². The van der Waals surface area contributed by atoms with E-state index in [-0.39, 0.29) is 0 Å². The maximum Gasteiger partial charge on any atom is 0.195 e. The fraction of sp³-hybridized carbons (Fsp3) is 0.134. The highest BCUT2D eigenvalue weighted by Crippen LogP contribution is 2.67. The van der Waals surface area contributed by atoms with Crippen LogP contribution in [0.2, 0.25) is 0 Å². The van der Waals surface area contributed by atoms with Crippen LogP contribution in [0.4, 0.5) is 34.1 Å². The van der Waals surface area contributed by atoms with Gasteiger partial charge in [0.2, 0.25) is 0 Å². The van der Waals surface area contributed by atoms with Crippen LogP contribution in [0.25, 0.3) is 66.0 Å². The van der Waals surface area contributed by atoms with Crippen molar-refractivity contribution in [3.8, 4) is 22.3 Å². The van der Waals surface area contributed by atoms with E-state index in [0.29, 0.717) is 0 Å². The molecule has 6 heteroatoms. The SMILES string of the molecule is CCCCc1nc2c(N(c3ccccc3)c3ccc4ccccc4c3)cc3c(c2o1)-c1c(cc(N(c2ccccc2)c2ccc4ccccc4c2)c2nc(CCCC)oc12)C31c2ccccc2-c2ccccc21. The van der Waals surface area contributed by atoms with Crippen molar-refractivity contribution in [1.82, 2.24) is 9.97 Å². The molecule has 2 aliphatic carbocycles. The molecule has 6 nitrogen and oxygen atoms in total. The Morgan fingerprint density at radius 3 is 1.22 bits per heavy atom. The molecule has 2 aromatic heterocycles. The summed E-state index contributed by atoms with van der Waals surface area (Å²) in [5.74, 6) is 1.46. The van der Waals surface area contributed by atoms with E-state index < -0.39 is 5.41 Å². The highest BCUT2D eigenvalue weighted by atomic mass is 16.4. The molecule has 0 aliphatic heterocycles. The molecule has 10 aromatic carbocycles. The molecule has 2 aliphatic rings. The summed E-state index contributed by atoms with van der Waals surface area (Å²) in [6, 6.07) is 75.1. The van der Waals surface area contributed by atoms with Crippen LogP contribution in [0, 0.1) is 0 Å². The Morgan fingerprint density at radius 2 is 0.781 bits per heavy atom. The number of rotatable bonds is 12. The number of fused-ring (bicyclic) bond motifs is 16. The van der Waals surface area contributed by atoms with Crippen LogP contribution >= 0.6 is 0 Å². The van der Waals surface area contributed by atoms with Crippen molar-refractivity contribution < 1.29 is 8.83 Å². The van der Waals surface area contributed by atoms with Gasteiger partial charge in [-0.2, -0.15) is 0 Å². The quantitative estimate of drug-likeness (QED) is 0.122. The number of para-hydroxylation sites is 2. The standard InChI is InChI=1S/C67H52N4O2/c1-3-5-33-59-68-63-57(70(47-25-9-7-10-26-47)49-37-35-43-21-13-15-23-45(43)39-49)41-55-61(65(63)72-59)62-56(67(55)53-31-19-17-29-51(53)52-30-18-20-32-54(52)67)42-58(64-66(62)73-60(69-64)34-6-4-2)71(48-27-11-8-12-28-48)50-38-36-44-22-14-16-24-46(44)40-50/h7-32,35-42H,3-6,33-34H2,1-2H3. The molecule has 14 rings (SSSR count). The van der Waals surface area contributed by atoms with Crippen LogP contribution in [0.1, 0.15) is 73.6 Å². The second-order valence-corrected chi connectivity index (χ2v) is 19.7. The van der Waals surface area contributed by atoms with Crippen molar-refractivity contribution in [2.45, 2.75) is 57.8 Å². The molecular weight excluding hydrogens is 893 g/mol. The lowest BCUT2D eigenvalue weighted by atomic mass is 9.70. The highest BCUT2D eigenvalue weighted by Gasteiger charge is 2.55. The number of anilines is 6. The second-order valence-electron chi connectivity index (χ2n) is 19.7. The molecule has 0 N–H and O–H groups in total. The van der Waals surface area contributed by atoms with E-state index in [0.717, 1.165) is 140 Å². The average molecular weight is 945 g/mol. The van der Waals surface area contributed by atoms with Gasteiger partial charge in [-0.05, 0) is 128 Å². The number of hydrogen-bond acceptors (Lipinski definition) is 6. The van der Waals surface area contributed by atoms with Crippen LogP contribution < -0.4 is 9.80 Å². The minimum Gasteiger partial charge on any atom is -0.440 e. The van der Waals surface area contributed by atoms with E-state index in [1.165, 1.54) is 33.0 Å². The zero-order valence-corrected chi connectivity index (χ0v) is 41.0. The largest absolute Gasteiger partial charge is 0.440 e. The number of unbranched alkanes of at least 4 members (excludes halogenated alkanes) is 2. The number of hydrogen-bond donors (Lipinski definition) is 0. The van der Waals surface area contributed by atoms with Crippen molar-refractivity contribution in [2.24, 2.45) is 0 Å². The van der Waals surface area contributed by atoms with E-state index in [9.17, 15) is 0 Å². The average Bonchev–Trinajstić information content (AvgIpc) is 4.24. The first-order valence-electron chi connectivity index (χ1n) is 25.9.